The predicted octanol–water partition coefficient (Wildman–Crippen LogP) is 3.97. The fraction of sp³-hybridized carbons (Fsp3) is 0.250. The van der Waals surface area contributed by atoms with Crippen LogP contribution in [-0.4, -0.2) is 17.6 Å². The summed E-state index contributed by atoms with van der Waals surface area (Å²) in [7, 11) is 0. The number of H-pyrrole nitrogens is 1. The molecular formula is C20H22FN3O. The van der Waals surface area contributed by atoms with Crippen LogP contribution in [0.5, 0.6) is 0 Å². The average molecular weight is 339 g/mol. The molecule has 0 unspecified atom stereocenters. The van der Waals surface area contributed by atoms with Gasteiger partial charge in [0.1, 0.15) is 5.82 Å². The molecule has 1 aromatic heterocycles. The number of hydrogen-bond donors (Lipinski definition) is 3. The Bertz CT molecular complexity index is 901. The van der Waals surface area contributed by atoms with Crippen molar-refractivity contribution in [3.8, 4) is 0 Å². The van der Waals surface area contributed by atoms with E-state index in [1.807, 2.05) is 12.3 Å². The Kier molecular flexibility index (Phi) is 5.03. The number of carbonyl (C=O) groups is 1. The van der Waals surface area contributed by atoms with E-state index in [1.54, 1.807) is 13.0 Å². The van der Waals surface area contributed by atoms with Gasteiger partial charge < -0.3 is 15.6 Å². The molecule has 0 fully saturated rings. The third kappa shape index (κ3) is 4.18. The summed E-state index contributed by atoms with van der Waals surface area (Å²) < 4.78 is 13.5. The Balaban J connectivity index is 1.48. The maximum absolute atomic E-state index is 13.5. The summed E-state index contributed by atoms with van der Waals surface area (Å²) in [5.41, 5.74) is 4.84. The Morgan fingerprint density at radius 1 is 1.12 bits per heavy atom. The molecule has 3 rings (SSSR count). The highest BCUT2D eigenvalue weighted by atomic mass is 19.1. The van der Waals surface area contributed by atoms with E-state index in [-0.39, 0.29) is 11.8 Å². The van der Waals surface area contributed by atoms with Crippen molar-refractivity contribution in [3.05, 3.63) is 70.7 Å². The molecule has 1 heterocycles. The minimum atomic E-state index is -0.255. The molecule has 5 heteroatoms. The van der Waals surface area contributed by atoms with E-state index in [0.29, 0.717) is 18.7 Å². The number of fused-ring (bicyclic) bond motifs is 1. The standard InChI is InChI=1S/C20H22FN3O/c1-13-3-6-17-16(12-23-19(17)9-13)7-8-22-20(25)24-11-15-5-4-14(2)18(21)10-15/h3-6,9-10,12,23H,7-8,11H2,1-2H3,(H2,22,24,25). The zero-order chi connectivity index (χ0) is 17.8. The van der Waals surface area contributed by atoms with Crippen LogP contribution in [0.2, 0.25) is 0 Å². The molecule has 0 aliphatic heterocycles. The topological polar surface area (TPSA) is 56.9 Å². The first kappa shape index (κ1) is 17.0. The van der Waals surface area contributed by atoms with E-state index in [1.165, 1.54) is 22.6 Å². The molecule has 0 saturated carbocycles. The highest BCUT2D eigenvalue weighted by molar-refractivity contribution is 5.83. The van der Waals surface area contributed by atoms with Gasteiger partial charge in [0.2, 0.25) is 0 Å². The minimum absolute atomic E-state index is 0.253. The van der Waals surface area contributed by atoms with E-state index in [0.717, 1.165) is 17.5 Å². The number of rotatable bonds is 5. The van der Waals surface area contributed by atoms with E-state index >= 15 is 0 Å². The molecule has 3 aromatic rings. The van der Waals surface area contributed by atoms with Crippen molar-refractivity contribution < 1.29 is 9.18 Å². The number of amides is 2. The van der Waals surface area contributed by atoms with Crippen LogP contribution >= 0.6 is 0 Å². The Morgan fingerprint density at radius 3 is 2.76 bits per heavy atom. The van der Waals surface area contributed by atoms with Gasteiger partial charge in [0, 0.05) is 30.2 Å². The quantitative estimate of drug-likeness (QED) is 0.647. The molecule has 0 radical (unpaired) electrons. The molecule has 2 amide bonds. The van der Waals surface area contributed by atoms with Crippen LogP contribution in [-0.2, 0) is 13.0 Å². The molecule has 3 N–H and O–H groups in total. The molecule has 0 aliphatic rings. The predicted molar refractivity (Wildman–Crippen MR) is 98.1 cm³/mol. The highest BCUT2D eigenvalue weighted by Crippen LogP contribution is 2.19. The smallest absolute Gasteiger partial charge is 0.315 e. The van der Waals surface area contributed by atoms with Crippen molar-refractivity contribution in [2.45, 2.75) is 26.8 Å². The summed E-state index contributed by atoms with van der Waals surface area (Å²) in [6, 6.07) is 11.0. The number of aromatic nitrogens is 1. The first-order valence-electron chi connectivity index (χ1n) is 8.36. The second kappa shape index (κ2) is 7.38. The lowest BCUT2D eigenvalue weighted by atomic mass is 10.1. The van der Waals surface area contributed by atoms with Crippen LogP contribution < -0.4 is 10.6 Å². The zero-order valence-corrected chi connectivity index (χ0v) is 14.4. The molecule has 0 bridgehead atoms. The van der Waals surface area contributed by atoms with Crippen LogP contribution in [0.4, 0.5) is 9.18 Å². The first-order valence-corrected chi connectivity index (χ1v) is 8.36. The largest absolute Gasteiger partial charge is 0.361 e. The van der Waals surface area contributed by atoms with Gasteiger partial charge >= 0.3 is 6.03 Å². The van der Waals surface area contributed by atoms with Crippen molar-refractivity contribution in [2.24, 2.45) is 0 Å². The number of aromatic amines is 1. The summed E-state index contributed by atoms with van der Waals surface area (Å²) in [5, 5.41) is 6.76. The van der Waals surface area contributed by atoms with Crippen LogP contribution in [0.3, 0.4) is 0 Å². The van der Waals surface area contributed by atoms with Crippen molar-refractivity contribution in [2.75, 3.05) is 6.54 Å². The van der Waals surface area contributed by atoms with Gasteiger partial charge in [0.05, 0.1) is 0 Å². The average Bonchev–Trinajstić information content (AvgIpc) is 2.98. The number of nitrogens with one attached hydrogen (secondary N) is 3. The number of benzene rings is 2. The lowest BCUT2D eigenvalue weighted by Crippen LogP contribution is -2.36. The lowest BCUT2D eigenvalue weighted by molar-refractivity contribution is 0.240. The fourth-order valence-electron chi connectivity index (χ4n) is 2.81. The van der Waals surface area contributed by atoms with Crippen LogP contribution in [0.15, 0.2) is 42.6 Å². The minimum Gasteiger partial charge on any atom is -0.361 e. The van der Waals surface area contributed by atoms with Crippen molar-refractivity contribution >= 4 is 16.9 Å². The Hall–Kier alpha value is -2.82. The number of carbonyl (C=O) groups excluding carboxylic acids is 1. The molecule has 130 valence electrons. The summed E-state index contributed by atoms with van der Waals surface area (Å²) in [6.45, 7) is 4.61. The maximum Gasteiger partial charge on any atom is 0.315 e. The summed E-state index contributed by atoms with van der Waals surface area (Å²) in [5.74, 6) is -0.255. The Morgan fingerprint density at radius 2 is 1.96 bits per heavy atom. The highest BCUT2D eigenvalue weighted by Gasteiger charge is 2.06. The Labute approximate surface area is 146 Å². The third-order valence-electron chi connectivity index (χ3n) is 4.29. The van der Waals surface area contributed by atoms with Crippen molar-refractivity contribution in [1.29, 1.82) is 0 Å². The second-order valence-corrected chi connectivity index (χ2v) is 6.31. The van der Waals surface area contributed by atoms with E-state index in [9.17, 15) is 9.18 Å². The van der Waals surface area contributed by atoms with Gasteiger partial charge in [-0.1, -0.05) is 24.3 Å². The number of halogens is 1. The van der Waals surface area contributed by atoms with E-state index in [4.69, 9.17) is 0 Å². The monoisotopic (exact) mass is 339 g/mol. The van der Waals surface area contributed by atoms with Gasteiger partial charge in [-0.25, -0.2) is 9.18 Å². The number of hydrogen-bond acceptors (Lipinski definition) is 1. The molecule has 2 aromatic carbocycles. The molecule has 0 spiro atoms. The van der Waals surface area contributed by atoms with Gasteiger partial charge in [-0.05, 0) is 54.7 Å². The van der Waals surface area contributed by atoms with Gasteiger partial charge in [0.15, 0.2) is 0 Å². The third-order valence-corrected chi connectivity index (χ3v) is 4.29. The normalized spacial score (nSPS) is 10.8. The molecule has 4 nitrogen and oxygen atoms in total. The van der Waals surface area contributed by atoms with Gasteiger partial charge in [-0.2, -0.15) is 0 Å². The number of urea groups is 1. The molecule has 0 aliphatic carbocycles. The second-order valence-electron chi connectivity index (χ2n) is 6.31. The molecule has 0 atom stereocenters. The van der Waals surface area contributed by atoms with Gasteiger partial charge in [0.25, 0.3) is 0 Å². The SMILES string of the molecule is Cc1ccc2c(CCNC(=O)NCc3ccc(C)c(F)c3)c[nH]c2c1. The van der Waals surface area contributed by atoms with Gasteiger partial charge in [-0.15, -0.1) is 0 Å². The van der Waals surface area contributed by atoms with Gasteiger partial charge in [-0.3, -0.25) is 0 Å². The lowest BCUT2D eigenvalue weighted by Gasteiger charge is -2.08. The summed E-state index contributed by atoms with van der Waals surface area (Å²) in [4.78, 5) is 15.1. The van der Waals surface area contributed by atoms with Crippen LogP contribution in [0.25, 0.3) is 10.9 Å². The van der Waals surface area contributed by atoms with Crippen LogP contribution in [0.1, 0.15) is 22.3 Å². The van der Waals surface area contributed by atoms with E-state index in [2.05, 4.69) is 40.7 Å². The molecule has 0 saturated heterocycles. The first-order chi connectivity index (χ1) is 12.0. The van der Waals surface area contributed by atoms with Crippen molar-refractivity contribution in [1.82, 2.24) is 15.6 Å². The van der Waals surface area contributed by atoms with E-state index < -0.39 is 0 Å². The maximum atomic E-state index is 13.5. The summed E-state index contributed by atoms with van der Waals surface area (Å²) >= 11 is 0. The summed E-state index contributed by atoms with van der Waals surface area (Å²) in [6.07, 6.45) is 2.73. The fourth-order valence-corrected chi connectivity index (χ4v) is 2.81. The number of aryl methyl sites for hydroxylation is 2. The van der Waals surface area contributed by atoms with Crippen LogP contribution in [0, 0.1) is 19.7 Å². The zero-order valence-electron chi connectivity index (χ0n) is 14.4. The molecular weight excluding hydrogens is 317 g/mol. The van der Waals surface area contributed by atoms with Crippen molar-refractivity contribution in [3.63, 3.8) is 0 Å². The molecule has 25 heavy (non-hydrogen) atoms.